The fourth-order valence-electron chi connectivity index (χ4n) is 2.45. The largest absolute Gasteiger partial charge is 0.456 e. The summed E-state index contributed by atoms with van der Waals surface area (Å²) in [6.07, 6.45) is 0.229. The molecule has 0 aliphatic rings. The standard InChI is InChI=1S/C20H21N3O6/c1-14-5-2-6-15(11-14)22-19(25)13-29-20(26)10-4-9-18(24)21-16-7-3-8-17(12-16)23(27)28/h2-3,5-8,11-12H,4,9-10,13H2,1H3,(H,21,24)(H,22,25). The monoisotopic (exact) mass is 399 g/mol. The first kappa shape index (κ1) is 21.5. The number of aryl methyl sites for hydroxylation is 1. The molecule has 0 heterocycles. The number of non-ortho nitro benzene ring substituents is 1. The third-order valence-electron chi connectivity index (χ3n) is 3.79. The van der Waals surface area contributed by atoms with E-state index in [0.29, 0.717) is 11.4 Å². The SMILES string of the molecule is Cc1cccc(NC(=O)COC(=O)CCCC(=O)Nc2cccc([N+](=O)[O-])c2)c1. The van der Waals surface area contributed by atoms with Crippen molar-refractivity contribution in [2.75, 3.05) is 17.2 Å². The van der Waals surface area contributed by atoms with Gasteiger partial charge < -0.3 is 15.4 Å². The minimum absolute atomic E-state index is 0.0277. The number of hydrogen-bond donors (Lipinski definition) is 2. The number of nitrogens with zero attached hydrogens (tertiary/aromatic N) is 1. The van der Waals surface area contributed by atoms with E-state index in [4.69, 9.17) is 4.74 Å². The molecule has 0 unspecified atom stereocenters. The van der Waals surface area contributed by atoms with Gasteiger partial charge >= 0.3 is 5.97 Å². The number of carbonyl (C=O) groups excluding carboxylic acids is 3. The van der Waals surface area contributed by atoms with Gasteiger partial charge in [0.1, 0.15) is 0 Å². The molecular formula is C20H21N3O6. The molecule has 0 aliphatic heterocycles. The molecule has 2 rings (SSSR count). The van der Waals surface area contributed by atoms with Crippen LogP contribution in [0.4, 0.5) is 17.1 Å². The molecule has 2 aromatic rings. The molecule has 2 amide bonds. The van der Waals surface area contributed by atoms with E-state index in [1.165, 1.54) is 24.3 Å². The van der Waals surface area contributed by atoms with Crippen LogP contribution in [0, 0.1) is 17.0 Å². The molecule has 0 fully saturated rings. The molecular weight excluding hydrogens is 378 g/mol. The Bertz CT molecular complexity index is 913. The minimum Gasteiger partial charge on any atom is -0.456 e. The van der Waals surface area contributed by atoms with Crippen molar-refractivity contribution in [3.05, 3.63) is 64.2 Å². The van der Waals surface area contributed by atoms with E-state index in [-0.39, 0.29) is 30.9 Å². The maximum atomic E-state index is 11.9. The average molecular weight is 399 g/mol. The number of hydrogen-bond acceptors (Lipinski definition) is 6. The van der Waals surface area contributed by atoms with E-state index >= 15 is 0 Å². The molecule has 0 saturated carbocycles. The Morgan fingerprint density at radius 1 is 0.966 bits per heavy atom. The molecule has 0 atom stereocenters. The van der Waals surface area contributed by atoms with E-state index in [2.05, 4.69) is 10.6 Å². The summed E-state index contributed by atoms with van der Waals surface area (Å²) in [5.41, 5.74) is 1.78. The molecule has 29 heavy (non-hydrogen) atoms. The van der Waals surface area contributed by atoms with Crippen molar-refractivity contribution in [1.82, 2.24) is 0 Å². The highest BCUT2D eigenvalue weighted by molar-refractivity contribution is 5.93. The summed E-state index contributed by atoms with van der Waals surface area (Å²) in [7, 11) is 0. The maximum Gasteiger partial charge on any atom is 0.306 e. The lowest BCUT2D eigenvalue weighted by Crippen LogP contribution is -2.21. The Morgan fingerprint density at radius 3 is 2.31 bits per heavy atom. The van der Waals surface area contributed by atoms with E-state index < -0.39 is 23.4 Å². The van der Waals surface area contributed by atoms with Gasteiger partial charge in [-0.1, -0.05) is 18.2 Å². The van der Waals surface area contributed by atoms with Crippen molar-refractivity contribution in [1.29, 1.82) is 0 Å². The highest BCUT2D eigenvalue weighted by Crippen LogP contribution is 2.17. The maximum absolute atomic E-state index is 11.9. The lowest BCUT2D eigenvalue weighted by Gasteiger charge is -2.07. The van der Waals surface area contributed by atoms with Gasteiger partial charge in [0.05, 0.1) is 4.92 Å². The Balaban J connectivity index is 1.66. The Hall–Kier alpha value is -3.75. The van der Waals surface area contributed by atoms with Crippen LogP contribution in [0.25, 0.3) is 0 Å². The zero-order valence-electron chi connectivity index (χ0n) is 15.8. The molecule has 0 radical (unpaired) electrons. The van der Waals surface area contributed by atoms with Gasteiger partial charge in [-0.2, -0.15) is 0 Å². The van der Waals surface area contributed by atoms with E-state index in [1.54, 1.807) is 18.2 Å². The van der Waals surface area contributed by atoms with Crippen LogP contribution in [-0.2, 0) is 19.1 Å². The summed E-state index contributed by atoms with van der Waals surface area (Å²) < 4.78 is 4.89. The van der Waals surface area contributed by atoms with Crippen LogP contribution in [0.5, 0.6) is 0 Å². The molecule has 0 saturated heterocycles. The summed E-state index contributed by atoms with van der Waals surface area (Å²) in [6.45, 7) is 1.48. The highest BCUT2D eigenvalue weighted by atomic mass is 16.6. The van der Waals surface area contributed by atoms with Gasteiger partial charge in [-0.25, -0.2) is 0 Å². The first-order valence-electron chi connectivity index (χ1n) is 8.90. The summed E-state index contributed by atoms with van der Waals surface area (Å²) in [5.74, 6) is -1.42. The van der Waals surface area contributed by atoms with Gasteiger partial charge in [-0.15, -0.1) is 0 Å². The van der Waals surface area contributed by atoms with Gasteiger partial charge in [0.15, 0.2) is 6.61 Å². The molecule has 0 spiro atoms. The predicted molar refractivity (Wildman–Crippen MR) is 106 cm³/mol. The lowest BCUT2D eigenvalue weighted by atomic mass is 10.2. The van der Waals surface area contributed by atoms with Crippen LogP contribution in [0.1, 0.15) is 24.8 Å². The zero-order valence-corrected chi connectivity index (χ0v) is 15.8. The van der Waals surface area contributed by atoms with Crippen molar-refractivity contribution < 1.29 is 24.0 Å². The van der Waals surface area contributed by atoms with Crippen molar-refractivity contribution in [2.45, 2.75) is 26.2 Å². The fraction of sp³-hybridized carbons (Fsp3) is 0.250. The molecule has 0 aromatic heterocycles. The lowest BCUT2D eigenvalue weighted by molar-refractivity contribution is -0.384. The number of esters is 1. The Labute approximate surface area is 167 Å². The van der Waals surface area contributed by atoms with Crippen molar-refractivity contribution in [2.24, 2.45) is 0 Å². The number of nitro benzene ring substituents is 1. The summed E-state index contributed by atoms with van der Waals surface area (Å²) >= 11 is 0. The second-order valence-electron chi connectivity index (χ2n) is 6.29. The first-order valence-corrected chi connectivity index (χ1v) is 8.90. The third-order valence-corrected chi connectivity index (χ3v) is 3.79. The number of carbonyl (C=O) groups is 3. The number of ether oxygens (including phenoxy) is 1. The quantitative estimate of drug-likeness (QED) is 0.379. The number of nitrogens with one attached hydrogen (secondary N) is 2. The van der Waals surface area contributed by atoms with Gasteiger partial charge in [0.2, 0.25) is 5.91 Å². The molecule has 2 N–H and O–H groups in total. The zero-order chi connectivity index (χ0) is 21.2. The molecule has 0 bridgehead atoms. The number of amides is 2. The summed E-state index contributed by atoms with van der Waals surface area (Å²) in [6, 6.07) is 12.8. The van der Waals surface area contributed by atoms with Gasteiger partial charge in [-0.05, 0) is 37.1 Å². The molecule has 2 aromatic carbocycles. The van der Waals surface area contributed by atoms with Crippen molar-refractivity contribution in [3.8, 4) is 0 Å². The molecule has 9 nitrogen and oxygen atoms in total. The van der Waals surface area contributed by atoms with Crippen LogP contribution in [0.15, 0.2) is 48.5 Å². The van der Waals surface area contributed by atoms with E-state index in [1.807, 2.05) is 13.0 Å². The predicted octanol–water partition coefficient (Wildman–Crippen LogP) is 3.19. The average Bonchev–Trinajstić information content (AvgIpc) is 2.66. The number of rotatable bonds is 9. The highest BCUT2D eigenvalue weighted by Gasteiger charge is 2.11. The number of benzene rings is 2. The number of nitro groups is 1. The minimum atomic E-state index is -0.590. The topological polar surface area (TPSA) is 128 Å². The normalized spacial score (nSPS) is 10.1. The van der Waals surface area contributed by atoms with Gasteiger partial charge in [0, 0.05) is 36.3 Å². The Morgan fingerprint density at radius 2 is 1.62 bits per heavy atom. The van der Waals surface area contributed by atoms with Gasteiger partial charge in [-0.3, -0.25) is 24.5 Å². The molecule has 9 heteroatoms. The second kappa shape index (κ2) is 10.5. The van der Waals surface area contributed by atoms with Crippen molar-refractivity contribution in [3.63, 3.8) is 0 Å². The van der Waals surface area contributed by atoms with Crippen molar-refractivity contribution >= 4 is 34.8 Å². The first-order chi connectivity index (χ1) is 13.8. The molecule has 152 valence electrons. The summed E-state index contributed by atoms with van der Waals surface area (Å²) in [5, 5.41) is 15.9. The van der Waals surface area contributed by atoms with E-state index in [9.17, 15) is 24.5 Å². The van der Waals surface area contributed by atoms with Crippen LogP contribution >= 0.6 is 0 Å². The van der Waals surface area contributed by atoms with Crippen LogP contribution in [0.2, 0.25) is 0 Å². The number of anilines is 2. The Kier molecular flexibility index (Phi) is 7.84. The molecule has 0 aliphatic carbocycles. The van der Waals surface area contributed by atoms with Gasteiger partial charge in [0.25, 0.3) is 11.6 Å². The summed E-state index contributed by atoms with van der Waals surface area (Å²) in [4.78, 5) is 45.5. The van der Waals surface area contributed by atoms with Crippen LogP contribution < -0.4 is 10.6 Å². The second-order valence-corrected chi connectivity index (χ2v) is 6.29. The fourth-order valence-corrected chi connectivity index (χ4v) is 2.45. The van der Waals surface area contributed by atoms with Crippen LogP contribution in [0.3, 0.4) is 0 Å². The third kappa shape index (κ3) is 7.79. The smallest absolute Gasteiger partial charge is 0.306 e. The van der Waals surface area contributed by atoms with E-state index in [0.717, 1.165) is 5.56 Å². The van der Waals surface area contributed by atoms with Crippen LogP contribution in [-0.4, -0.2) is 29.3 Å².